The van der Waals surface area contributed by atoms with Gasteiger partial charge in [-0.2, -0.15) is 0 Å². The molecule has 0 aromatic carbocycles. The minimum atomic E-state index is 0.0329. The molecule has 0 radical (unpaired) electrons. The van der Waals surface area contributed by atoms with Gasteiger partial charge < -0.3 is 15.0 Å². The molecule has 0 heterocycles. The first-order valence-electron chi connectivity index (χ1n) is 4.47. The zero-order chi connectivity index (χ0) is 10.8. The second-order valence-corrected chi connectivity index (χ2v) is 3.88. The van der Waals surface area contributed by atoms with Gasteiger partial charge in [-0.3, -0.25) is 4.79 Å². The Kier molecular flexibility index (Phi) is 9.32. The summed E-state index contributed by atoms with van der Waals surface area (Å²) in [6, 6.07) is 0. The van der Waals surface area contributed by atoms with Crippen molar-refractivity contribution in [2.75, 3.05) is 40.4 Å². The highest BCUT2D eigenvalue weighted by Crippen LogP contribution is 1.90. The standard InChI is InChI=1S/C9H17IN2O2/c1-11-4-7-14-8-6-12(2)5-3-9(10)13/h3,5,11H,4,6-8H2,1-2H3/b5-3+. The van der Waals surface area contributed by atoms with Crippen LogP contribution in [-0.4, -0.2) is 49.1 Å². The molecule has 0 amide bonds. The number of hydrogen-bond acceptors (Lipinski definition) is 4. The third-order valence-corrected chi connectivity index (χ3v) is 1.90. The van der Waals surface area contributed by atoms with Gasteiger partial charge >= 0.3 is 0 Å². The molecule has 1 N–H and O–H groups in total. The third kappa shape index (κ3) is 9.94. The minimum Gasteiger partial charge on any atom is -0.378 e. The molecule has 0 bridgehead atoms. The number of halogens is 1. The van der Waals surface area contributed by atoms with Crippen molar-refractivity contribution in [2.45, 2.75) is 0 Å². The Morgan fingerprint density at radius 2 is 2.29 bits per heavy atom. The van der Waals surface area contributed by atoms with Gasteiger partial charge in [0.25, 0.3) is 0 Å². The van der Waals surface area contributed by atoms with E-state index < -0.39 is 0 Å². The highest BCUT2D eigenvalue weighted by Gasteiger charge is 1.92. The first-order chi connectivity index (χ1) is 6.66. The Bertz CT molecular complexity index is 186. The summed E-state index contributed by atoms with van der Waals surface area (Å²) >= 11 is 1.74. The molecule has 0 rings (SSSR count). The van der Waals surface area contributed by atoms with Gasteiger partial charge in [0.2, 0.25) is 3.79 Å². The van der Waals surface area contributed by atoms with E-state index in [4.69, 9.17) is 4.74 Å². The fourth-order valence-corrected chi connectivity index (χ4v) is 0.906. The van der Waals surface area contributed by atoms with E-state index in [1.807, 2.05) is 19.0 Å². The maximum Gasteiger partial charge on any atom is 0.216 e. The molecule has 0 aliphatic rings. The number of carbonyl (C=O) groups excluding carboxylic acids is 1. The van der Waals surface area contributed by atoms with Crippen LogP contribution < -0.4 is 5.32 Å². The number of ether oxygens (including phenoxy) is 1. The maximum atomic E-state index is 10.6. The van der Waals surface area contributed by atoms with Crippen molar-refractivity contribution in [3.05, 3.63) is 12.3 Å². The predicted molar refractivity (Wildman–Crippen MR) is 65.5 cm³/mol. The lowest BCUT2D eigenvalue weighted by Crippen LogP contribution is -2.20. The van der Waals surface area contributed by atoms with Crippen molar-refractivity contribution < 1.29 is 9.53 Å². The first kappa shape index (κ1) is 13.9. The highest BCUT2D eigenvalue weighted by atomic mass is 127. The van der Waals surface area contributed by atoms with Crippen LogP contribution in [0.4, 0.5) is 0 Å². The summed E-state index contributed by atoms with van der Waals surface area (Å²) < 4.78 is 5.36. The second-order valence-electron chi connectivity index (χ2n) is 2.82. The van der Waals surface area contributed by atoms with E-state index in [0.717, 1.165) is 19.7 Å². The molecule has 0 unspecified atom stereocenters. The fourth-order valence-electron chi connectivity index (χ4n) is 0.745. The van der Waals surface area contributed by atoms with Gasteiger partial charge in [0.05, 0.1) is 13.2 Å². The Labute approximate surface area is 98.8 Å². The van der Waals surface area contributed by atoms with Crippen molar-refractivity contribution in [1.82, 2.24) is 10.2 Å². The topological polar surface area (TPSA) is 41.6 Å². The maximum absolute atomic E-state index is 10.6. The number of carbonyl (C=O) groups is 1. The third-order valence-electron chi connectivity index (χ3n) is 1.54. The molecule has 0 atom stereocenters. The van der Waals surface area contributed by atoms with Gasteiger partial charge in [-0.05, 0) is 7.05 Å². The summed E-state index contributed by atoms with van der Waals surface area (Å²) in [5, 5.41) is 3.00. The smallest absolute Gasteiger partial charge is 0.216 e. The number of likely N-dealkylation sites (N-methyl/N-ethyl adjacent to an activating group) is 2. The number of rotatable bonds is 8. The lowest BCUT2D eigenvalue weighted by Gasteiger charge is -2.13. The zero-order valence-corrected chi connectivity index (χ0v) is 10.8. The van der Waals surface area contributed by atoms with E-state index in [-0.39, 0.29) is 3.79 Å². The quantitative estimate of drug-likeness (QED) is 0.309. The number of allylic oxidation sites excluding steroid dienone is 1. The van der Waals surface area contributed by atoms with Crippen LogP contribution in [0.1, 0.15) is 0 Å². The van der Waals surface area contributed by atoms with E-state index in [9.17, 15) is 4.79 Å². The van der Waals surface area contributed by atoms with Crippen molar-refractivity contribution in [1.29, 1.82) is 0 Å². The molecule has 5 heteroatoms. The SMILES string of the molecule is CNCCOCCN(C)/C=C/C(=O)I. The average Bonchev–Trinajstić information content (AvgIpc) is 2.14. The molecule has 0 spiro atoms. The van der Waals surface area contributed by atoms with Gasteiger partial charge in [0.1, 0.15) is 0 Å². The van der Waals surface area contributed by atoms with Crippen LogP contribution in [0.2, 0.25) is 0 Å². The zero-order valence-electron chi connectivity index (χ0n) is 8.62. The molecule has 0 aliphatic carbocycles. The summed E-state index contributed by atoms with van der Waals surface area (Å²) in [5.74, 6) is 0. The fraction of sp³-hybridized carbons (Fsp3) is 0.667. The van der Waals surface area contributed by atoms with Gasteiger partial charge in [0, 0.05) is 55.0 Å². The Morgan fingerprint density at radius 3 is 2.86 bits per heavy atom. The summed E-state index contributed by atoms with van der Waals surface area (Å²) in [6.07, 6.45) is 3.30. The second kappa shape index (κ2) is 9.42. The summed E-state index contributed by atoms with van der Waals surface area (Å²) in [7, 11) is 3.81. The minimum absolute atomic E-state index is 0.0329. The molecular weight excluding hydrogens is 295 g/mol. The van der Waals surface area contributed by atoms with Gasteiger partial charge in [-0.15, -0.1) is 0 Å². The van der Waals surface area contributed by atoms with Crippen LogP contribution in [0.15, 0.2) is 12.3 Å². The summed E-state index contributed by atoms with van der Waals surface area (Å²) in [6.45, 7) is 3.06. The Hall–Kier alpha value is -0.140. The van der Waals surface area contributed by atoms with Crippen LogP contribution in [0.25, 0.3) is 0 Å². The summed E-state index contributed by atoms with van der Waals surface area (Å²) in [5.41, 5.74) is 0. The van der Waals surface area contributed by atoms with E-state index in [2.05, 4.69) is 5.32 Å². The van der Waals surface area contributed by atoms with Crippen LogP contribution >= 0.6 is 22.6 Å². The molecule has 0 aliphatic heterocycles. The van der Waals surface area contributed by atoms with E-state index in [1.54, 1.807) is 28.8 Å². The molecule has 0 saturated heterocycles. The average molecular weight is 312 g/mol. The molecule has 0 saturated carbocycles. The molecule has 14 heavy (non-hydrogen) atoms. The number of hydrogen-bond donors (Lipinski definition) is 1. The largest absolute Gasteiger partial charge is 0.378 e. The van der Waals surface area contributed by atoms with E-state index in [0.29, 0.717) is 6.61 Å². The molecule has 4 nitrogen and oxygen atoms in total. The molecule has 0 fully saturated rings. The van der Waals surface area contributed by atoms with E-state index in [1.165, 1.54) is 6.08 Å². The van der Waals surface area contributed by atoms with Crippen molar-refractivity contribution >= 4 is 26.4 Å². The van der Waals surface area contributed by atoms with Crippen molar-refractivity contribution in [3.63, 3.8) is 0 Å². The van der Waals surface area contributed by atoms with Crippen molar-refractivity contribution in [2.24, 2.45) is 0 Å². The molecule has 0 aromatic rings. The van der Waals surface area contributed by atoms with Crippen LogP contribution in [-0.2, 0) is 9.53 Å². The Morgan fingerprint density at radius 1 is 1.57 bits per heavy atom. The van der Waals surface area contributed by atoms with E-state index >= 15 is 0 Å². The lowest BCUT2D eigenvalue weighted by atomic mass is 10.5. The lowest BCUT2D eigenvalue weighted by molar-refractivity contribution is -0.105. The van der Waals surface area contributed by atoms with Crippen LogP contribution in [0.3, 0.4) is 0 Å². The predicted octanol–water partition coefficient (Wildman–Crippen LogP) is 0.629. The summed E-state index contributed by atoms with van der Waals surface area (Å²) in [4.78, 5) is 12.5. The van der Waals surface area contributed by atoms with Crippen LogP contribution in [0, 0.1) is 0 Å². The number of nitrogens with zero attached hydrogens (tertiary/aromatic N) is 1. The molecular formula is C9H17IN2O2. The van der Waals surface area contributed by atoms with Crippen molar-refractivity contribution in [3.8, 4) is 0 Å². The van der Waals surface area contributed by atoms with Crippen LogP contribution in [0.5, 0.6) is 0 Å². The highest BCUT2D eigenvalue weighted by molar-refractivity contribution is 14.1. The van der Waals surface area contributed by atoms with Gasteiger partial charge in [-0.1, -0.05) is 0 Å². The molecule has 0 aromatic heterocycles. The monoisotopic (exact) mass is 312 g/mol. The van der Waals surface area contributed by atoms with Gasteiger partial charge in [-0.25, -0.2) is 0 Å². The molecule has 82 valence electrons. The van der Waals surface area contributed by atoms with Gasteiger partial charge in [0.15, 0.2) is 0 Å². The Balaban J connectivity index is 3.35. The normalized spacial score (nSPS) is 10.8. The number of nitrogens with one attached hydrogen (secondary N) is 1. The first-order valence-corrected chi connectivity index (χ1v) is 5.55.